The largest absolute Gasteiger partial charge is 0.497 e. The predicted octanol–water partition coefficient (Wildman–Crippen LogP) is 6.04. The van der Waals surface area contributed by atoms with Gasteiger partial charge in [0.2, 0.25) is 0 Å². The Labute approximate surface area is 166 Å². The Hall–Kier alpha value is -2.65. The van der Waals surface area contributed by atoms with Crippen molar-refractivity contribution in [3.63, 3.8) is 0 Å². The molecule has 0 radical (unpaired) electrons. The summed E-state index contributed by atoms with van der Waals surface area (Å²) in [5.74, 6) is 0.698. The van der Waals surface area contributed by atoms with Crippen LogP contribution in [0.25, 0.3) is 0 Å². The number of nitrogens with zero attached hydrogens (tertiary/aromatic N) is 2. The van der Waals surface area contributed by atoms with E-state index in [2.05, 4.69) is 6.07 Å². The third-order valence-corrected chi connectivity index (χ3v) is 4.03. The molecular weight excluding hydrogens is 360 g/mol. The van der Waals surface area contributed by atoms with Gasteiger partial charge in [0.15, 0.2) is 0 Å². The van der Waals surface area contributed by atoms with E-state index in [1.807, 2.05) is 40.7 Å². The Morgan fingerprint density at radius 3 is 2.26 bits per heavy atom. The van der Waals surface area contributed by atoms with Crippen LogP contribution in [0.3, 0.4) is 0 Å². The quantitative estimate of drug-likeness (QED) is 0.599. The first-order chi connectivity index (χ1) is 12.8. The second-order valence-electron chi connectivity index (χ2n) is 6.20. The Morgan fingerprint density at radius 1 is 1.11 bits per heavy atom. The smallest absolute Gasteiger partial charge is 0.425 e. The van der Waals surface area contributed by atoms with E-state index < -0.39 is 11.7 Å². The number of carbonyl (C=O) groups excluding carboxylic acids is 1. The van der Waals surface area contributed by atoms with Gasteiger partial charge in [-0.1, -0.05) is 19.9 Å². The van der Waals surface area contributed by atoms with E-state index in [0.29, 0.717) is 17.0 Å². The summed E-state index contributed by atoms with van der Waals surface area (Å²) in [6, 6.07) is 16.3. The Bertz CT molecular complexity index is 777. The molecule has 5 nitrogen and oxygen atoms in total. The molecule has 0 aliphatic heterocycles. The molecule has 0 fully saturated rings. The molecule has 0 spiro atoms. The lowest BCUT2D eigenvalue weighted by Gasteiger charge is -2.26. The second-order valence-corrected chi connectivity index (χ2v) is 7.22. The second kappa shape index (κ2) is 10.5. The van der Waals surface area contributed by atoms with Crippen LogP contribution in [0.5, 0.6) is 5.75 Å². The van der Waals surface area contributed by atoms with Gasteiger partial charge in [0.1, 0.15) is 11.4 Å². The van der Waals surface area contributed by atoms with E-state index in [4.69, 9.17) is 14.7 Å². The molecule has 1 amide bonds. The average Bonchev–Trinajstić information content (AvgIpc) is 2.66. The summed E-state index contributed by atoms with van der Waals surface area (Å²) in [5, 5.41) is 9.05. The zero-order valence-electron chi connectivity index (χ0n) is 16.6. The fourth-order valence-corrected chi connectivity index (χ4v) is 2.81. The molecule has 0 bridgehead atoms. The first-order valence-corrected chi connectivity index (χ1v) is 9.45. The number of benzene rings is 2. The fourth-order valence-electron chi connectivity index (χ4n) is 1.94. The molecule has 0 saturated heterocycles. The van der Waals surface area contributed by atoms with Gasteiger partial charge < -0.3 is 9.47 Å². The first-order valence-electron chi connectivity index (χ1n) is 8.67. The number of hydrogen-bond acceptors (Lipinski definition) is 5. The molecule has 0 saturated carbocycles. The molecule has 6 heteroatoms. The van der Waals surface area contributed by atoms with Crippen molar-refractivity contribution in [3.05, 3.63) is 54.1 Å². The monoisotopic (exact) mass is 386 g/mol. The minimum Gasteiger partial charge on any atom is -0.497 e. The topological polar surface area (TPSA) is 62.6 Å². The zero-order chi connectivity index (χ0) is 20.4. The molecule has 0 N–H and O–H groups in total. The summed E-state index contributed by atoms with van der Waals surface area (Å²) in [7, 11) is 1.59. The molecule has 0 aromatic heterocycles. The highest BCUT2D eigenvalue weighted by Crippen LogP contribution is 2.32. The Kier molecular flexibility index (Phi) is 8.70. The van der Waals surface area contributed by atoms with Crippen LogP contribution in [-0.2, 0) is 4.74 Å². The van der Waals surface area contributed by atoms with Crippen molar-refractivity contribution in [2.24, 2.45) is 0 Å². The number of methoxy groups -OCH3 is 1. The van der Waals surface area contributed by atoms with E-state index in [1.54, 1.807) is 49.6 Å². The van der Waals surface area contributed by atoms with Gasteiger partial charge in [-0.15, -0.1) is 0 Å². The van der Waals surface area contributed by atoms with Crippen molar-refractivity contribution in [1.82, 2.24) is 0 Å². The maximum absolute atomic E-state index is 12.7. The number of ether oxygens (including phenoxy) is 2. The lowest BCUT2D eigenvalue weighted by Crippen LogP contribution is -2.32. The molecular formula is C21H26N2O3S. The molecule has 2 rings (SSSR count). The molecule has 0 unspecified atom stereocenters. The van der Waals surface area contributed by atoms with Crippen molar-refractivity contribution >= 4 is 23.7 Å². The molecule has 0 aliphatic rings. The van der Waals surface area contributed by atoms with Crippen LogP contribution < -0.4 is 9.04 Å². The lowest BCUT2D eigenvalue weighted by atomic mass is 10.2. The van der Waals surface area contributed by atoms with Gasteiger partial charge in [0, 0.05) is 4.90 Å². The van der Waals surface area contributed by atoms with Crippen molar-refractivity contribution < 1.29 is 14.3 Å². The summed E-state index contributed by atoms with van der Waals surface area (Å²) >= 11 is 1.20. The number of nitriles is 1. The van der Waals surface area contributed by atoms with Gasteiger partial charge in [0.25, 0.3) is 0 Å². The van der Waals surface area contributed by atoms with Gasteiger partial charge in [-0.05, 0) is 75.2 Å². The standard InChI is InChI=1S/C19H20N2O3S.C2H6/c1-19(2,3)24-18(22)21(15-8-10-16(23-4)11-9-15)25-17-7-5-6-14(12-17)13-20;1-2/h5-12H,1-4H3;1-2H3. The van der Waals surface area contributed by atoms with Crippen molar-refractivity contribution in [2.45, 2.75) is 45.1 Å². The van der Waals surface area contributed by atoms with Crippen LogP contribution in [0.4, 0.5) is 10.5 Å². The summed E-state index contributed by atoms with van der Waals surface area (Å²) in [4.78, 5) is 13.4. The van der Waals surface area contributed by atoms with E-state index in [1.165, 1.54) is 16.3 Å². The minimum atomic E-state index is -0.614. The average molecular weight is 387 g/mol. The van der Waals surface area contributed by atoms with E-state index >= 15 is 0 Å². The van der Waals surface area contributed by atoms with Crippen molar-refractivity contribution in [2.75, 3.05) is 11.4 Å². The first kappa shape index (κ1) is 22.4. The fraction of sp³-hybridized carbons (Fsp3) is 0.333. The number of hydrogen-bond donors (Lipinski definition) is 0. The maximum atomic E-state index is 12.7. The van der Waals surface area contributed by atoms with Crippen LogP contribution in [0.1, 0.15) is 40.2 Å². The van der Waals surface area contributed by atoms with Gasteiger partial charge in [-0.25, -0.2) is 9.10 Å². The van der Waals surface area contributed by atoms with Crippen molar-refractivity contribution in [1.29, 1.82) is 5.26 Å². The van der Waals surface area contributed by atoms with Crippen LogP contribution >= 0.6 is 11.9 Å². The summed E-state index contributed by atoms with van der Waals surface area (Å²) < 4.78 is 12.1. The van der Waals surface area contributed by atoms with Crippen LogP contribution in [0.15, 0.2) is 53.4 Å². The van der Waals surface area contributed by atoms with Gasteiger partial charge in [-0.2, -0.15) is 5.26 Å². The normalized spacial score (nSPS) is 10.1. The number of anilines is 1. The van der Waals surface area contributed by atoms with E-state index in [-0.39, 0.29) is 0 Å². The summed E-state index contributed by atoms with van der Waals surface area (Å²) in [5.41, 5.74) is 0.572. The van der Waals surface area contributed by atoms with E-state index in [0.717, 1.165) is 4.90 Å². The van der Waals surface area contributed by atoms with Gasteiger partial charge >= 0.3 is 6.09 Å². The highest BCUT2D eigenvalue weighted by atomic mass is 32.2. The minimum absolute atomic E-state index is 0.481. The number of carbonyl (C=O) groups is 1. The van der Waals surface area contributed by atoms with Crippen LogP contribution in [-0.4, -0.2) is 18.8 Å². The third-order valence-electron chi connectivity index (χ3n) is 3.03. The van der Waals surface area contributed by atoms with Crippen LogP contribution in [0, 0.1) is 11.3 Å². The molecule has 2 aromatic carbocycles. The lowest BCUT2D eigenvalue weighted by molar-refractivity contribution is 0.0612. The Balaban J connectivity index is 0.00000176. The van der Waals surface area contributed by atoms with Gasteiger partial charge in [0.05, 0.1) is 24.4 Å². The summed E-state index contributed by atoms with van der Waals surface area (Å²) in [6.45, 7) is 9.45. The molecule has 0 heterocycles. The highest BCUT2D eigenvalue weighted by Gasteiger charge is 2.25. The van der Waals surface area contributed by atoms with Crippen LogP contribution in [0.2, 0.25) is 0 Å². The molecule has 27 heavy (non-hydrogen) atoms. The molecule has 0 aliphatic carbocycles. The number of rotatable bonds is 4. The maximum Gasteiger partial charge on any atom is 0.425 e. The molecule has 144 valence electrons. The zero-order valence-corrected chi connectivity index (χ0v) is 17.5. The molecule has 2 aromatic rings. The SMILES string of the molecule is CC.COc1ccc(N(Sc2cccc(C#N)c2)C(=O)OC(C)(C)C)cc1. The Morgan fingerprint density at radius 2 is 1.74 bits per heavy atom. The number of amides is 1. The third kappa shape index (κ3) is 7.24. The van der Waals surface area contributed by atoms with Crippen molar-refractivity contribution in [3.8, 4) is 11.8 Å². The molecule has 0 atom stereocenters. The highest BCUT2D eigenvalue weighted by molar-refractivity contribution is 8.01. The van der Waals surface area contributed by atoms with Gasteiger partial charge in [-0.3, -0.25) is 0 Å². The summed E-state index contributed by atoms with van der Waals surface area (Å²) in [6.07, 6.45) is -0.481. The predicted molar refractivity (Wildman–Crippen MR) is 110 cm³/mol. The van der Waals surface area contributed by atoms with E-state index in [9.17, 15) is 4.79 Å².